The third-order valence-electron chi connectivity index (χ3n) is 13.5. The van der Waals surface area contributed by atoms with E-state index >= 15 is 0 Å². The van der Waals surface area contributed by atoms with Crippen molar-refractivity contribution in [3.05, 3.63) is 236 Å². The van der Waals surface area contributed by atoms with Crippen LogP contribution in [-0.4, -0.2) is 17.6 Å². The first kappa shape index (κ1) is 45.0. The van der Waals surface area contributed by atoms with Crippen LogP contribution >= 0.6 is 0 Å². The molecule has 10 aromatic rings. The number of fused-ring (bicyclic) bond motifs is 4. The van der Waals surface area contributed by atoms with Gasteiger partial charge in [0, 0.05) is 49.8 Å². The molecule has 0 saturated carbocycles. The average Bonchev–Trinajstić information content (AvgIpc) is 3.91. The molecule has 3 heterocycles. The van der Waals surface area contributed by atoms with E-state index in [0.29, 0.717) is 0 Å². The van der Waals surface area contributed by atoms with E-state index in [-0.39, 0.29) is 31.9 Å². The number of anilines is 4. The Balaban J connectivity index is 0.00000539. The maximum Gasteiger partial charge on any atom is 0.135 e. The number of pyridine rings is 1. The molecule has 338 valence electrons. The first-order chi connectivity index (χ1) is 32.5. The van der Waals surface area contributed by atoms with Gasteiger partial charge in [-0.15, -0.1) is 17.7 Å². The van der Waals surface area contributed by atoms with Gasteiger partial charge in [-0.25, -0.2) is 4.98 Å². The standard InChI is InChI=1S/C62H53N4Si.Pt/c1-61(2,3)46-22-18-23-48(39-46)64-43-65(58-31-17-16-30-57(58)64)49-24-19-29-52(41-49)67(50-25-12-8-13-26-50,51-27-14-9-15-28-51)53-33-34-54-55-38-45(44-20-10-7-11-21-44)32-35-56(55)66(59(54)42-53)60-40-47(36-37-63-60)62(4,5)6;/h7-40,43H,1-6H3;/q-3;. The fourth-order valence-corrected chi connectivity index (χ4v) is 14.5. The molecule has 4 nitrogen and oxygen atoms in total. The quantitative estimate of drug-likeness (QED) is 0.0861. The molecule has 0 N–H and O–H groups in total. The van der Waals surface area contributed by atoms with E-state index in [0.717, 1.165) is 55.4 Å². The molecular weight excluding hydrogens is 1020 g/mol. The van der Waals surface area contributed by atoms with Gasteiger partial charge in [0.25, 0.3) is 0 Å². The summed E-state index contributed by atoms with van der Waals surface area (Å²) in [5, 5.41) is 7.14. The Bertz CT molecular complexity index is 3380. The third kappa shape index (κ3) is 7.82. The van der Waals surface area contributed by atoms with Crippen LogP contribution in [0.1, 0.15) is 52.7 Å². The van der Waals surface area contributed by atoms with Gasteiger partial charge in [0.1, 0.15) is 13.9 Å². The monoisotopic (exact) mass is 1080 g/mol. The van der Waals surface area contributed by atoms with Gasteiger partial charge in [0.05, 0.1) is 0 Å². The van der Waals surface area contributed by atoms with Gasteiger partial charge < -0.3 is 14.4 Å². The Morgan fingerprint density at radius 2 is 1.09 bits per heavy atom. The zero-order valence-corrected chi connectivity index (χ0v) is 42.6. The molecular formula is C62H53N4PtSi-3. The summed E-state index contributed by atoms with van der Waals surface area (Å²) in [6, 6.07) is 81.5. The first-order valence-corrected chi connectivity index (χ1v) is 25.3. The largest absolute Gasteiger partial charge is 0.493 e. The van der Waals surface area contributed by atoms with Crippen LogP contribution in [0, 0.1) is 18.8 Å². The van der Waals surface area contributed by atoms with Crippen LogP contribution in [0.25, 0.3) is 38.8 Å². The van der Waals surface area contributed by atoms with Crippen molar-refractivity contribution in [2.75, 3.05) is 9.80 Å². The molecule has 0 bridgehead atoms. The summed E-state index contributed by atoms with van der Waals surface area (Å²) in [6.45, 7) is 15.8. The molecule has 68 heavy (non-hydrogen) atoms. The Hall–Kier alpha value is -6.78. The molecule has 0 spiro atoms. The molecule has 0 saturated heterocycles. The molecule has 0 aliphatic carbocycles. The fourth-order valence-electron chi connectivity index (χ4n) is 9.97. The third-order valence-corrected chi connectivity index (χ3v) is 18.1. The maximum atomic E-state index is 5.10. The zero-order valence-electron chi connectivity index (χ0n) is 39.3. The summed E-state index contributed by atoms with van der Waals surface area (Å²) >= 11 is 0. The van der Waals surface area contributed by atoms with Crippen molar-refractivity contribution in [2.45, 2.75) is 52.4 Å². The Kier molecular flexibility index (Phi) is 11.7. The summed E-state index contributed by atoms with van der Waals surface area (Å²) in [7, 11) is -3.18. The van der Waals surface area contributed by atoms with Gasteiger partial charge in [-0.3, -0.25) is 0 Å². The topological polar surface area (TPSA) is 24.3 Å². The second-order valence-corrected chi connectivity index (χ2v) is 23.5. The molecule has 2 aromatic heterocycles. The minimum absolute atomic E-state index is 0. The van der Waals surface area contributed by atoms with Crippen molar-refractivity contribution in [2.24, 2.45) is 0 Å². The summed E-state index contributed by atoms with van der Waals surface area (Å²) in [4.78, 5) is 9.72. The van der Waals surface area contributed by atoms with E-state index in [2.05, 4.69) is 275 Å². The van der Waals surface area contributed by atoms with Crippen molar-refractivity contribution in [1.29, 1.82) is 0 Å². The molecule has 1 aliphatic heterocycles. The fraction of sp³-hybridized carbons (Fsp3) is 0.129. The smallest absolute Gasteiger partial charge is 0.135 e. The average molecular weight is 1080 g/mol. The first-order valence-electron chi connectivity index (χ1n) is 23.3. The predicted molar refractivity (Wildman–Crippen MR) is 284 cm³/mol. The molecule has 0 unspecified atom stereocenters. The van der Waals surface area contributed by atoms with Crippen molar-refractivity contribution < 1.29 is 21.1 Å². The second-order valence-electron chi connectivity index (χ2n) is 19.8. The summed E-state index contributed by atoms with van der Waals surface area (Å²) in [6.07, 6.45) is 1.96. The summed E-state index contributed by atoms with van der Waals surface area (Å²) in [5.41, 5.74) is 11.3. The van der Waals surface area contributed by atoms with E-state index in [1.165, 1.54) is 38.0 Å². The van der Waals surface area contributed by atoms with Crippen LogP contribution in [0.2, 0.25) is 0 Å². The molecule has 1 aliphatic rings. The van der Waals surface area contributed by atoms with Crippen LogP contribution in [0.15, 0.2) is 206 Å². The van der Waals surface area contributed by atoms with E-state index in [1.54, 1.807) is 0 Å². The minimum atomic E-state index is -3.18. The molecule has 0 atom stereocenters. The van der Waals surface area contributed by atoms with Crippen molar-refractivity contribution in [1.82, 2.24) is 9.55 Å². The molecule has 0 amide bonds. The second kappa shape index (κ2) is 17.7. The summed E-state index contributed by atoms with van der Waals surface area (Å²) < 4.78 is 2.34. The van der Waals surface area contributed by atoms with E-state index in [4.69, 9.17) is 4.98 Å². The Morgan fingerprint density at radius 1 is 0.485 bits per heavy atom. The molecule has 11 rings (SSSR count). The number of nitrogens with zero attached hydrogens (tertiary/aromatic N) is 4. The molecule has 0 radical (unpaired) electrons. The number of para-hydroxylation sites is 2. The van der Waals surface area contributed by atoms with Crippen LogP contribution in [0.4, 0.5) is 22.7 Å². The number of benzene rings is 8. The van der Waals surface area contributed by atoms with Gasteiger partial charge in [-0.2, -0.15) is 52.8 Å². The van der Waals surface area contributed by atoms with E-state index in [9.17, 15) is 0 Å². The van der Waals surface area contributed by atoms with Gasteiger partial charge in [-0.05, 0) is 91.3 Å². The summed E-state index contributed by atoms with van der Waals surface area (Å²) in [5.74, 6) is 0.884. The van der Waals surface area contributed by atoms with Crippen molar-refractivity contribution in [3.63, 3.8) is 0 Å². The molecule has 6 heteroatoms. The molecule has 8 aromatic carbocycles. The Morgan fingerprint density at radius 3 is 1.76 bits per heavy atom. The van der Waals surface area contributed by atoms with Gasteiger partial charge in [-0.1, -0.05) is 174 Å². The Labute approximate surface area is 416 Å². The van der Waals surface area contributed by atoms with Crippen LogP contribution in [0.3, 0.4) is 0 Å². The van der Waals surface area contributed by atoms with E-state index in [1.807, 2.05) is 6.20 Å². The zero-order chi connectivity index (χ0) is 45.9. The number of rotatable bonds is 8. The van der Waals surface area contributed by atoms with Crippen molar-refractivity contribution in [3.8, 4) is 16.9 Å². The number of aromatic nitrogens is 2. The van der Waals surface area contributed by atoms with Crippen molar-refractivity contribution >= 4 is 73.4 Å². The van der Waals surface area contributed by atoms with Gasteiger partial charge in [0.2, 0.25) is 0 Å². The van der Waals surface area contributed by atoms with Crippen LogP contribution in [-0.2, 0) is 31.9 Å². The van der Waals surface area contributed by atoms with E-state index < -0.39 is 8.07 Å². The van der Waals surface area contributed by atoms with Crippen LogP contribution < -0.4 is 30.5 Å². The minimum Gasteiger partial charge on any atom is -0.493 e. The SMILES string of the molecule is CC(C)(C)c1cccc(N2[CH-]N(c3[c-]c([Si](c4[c-]c5c(cc4)c4cc(-c6ccccc6)ccc4n5-c4cc(C(C)(C)C)ccn4)(c4ccccc4)c4ccccc4)ccc3)c3ccccc32)c1.[Pt]. The van der Waals surface area contributed by atoms with Gasteiger partial charge in [0.15, 0.2) is 0 Å². The molecule has 0 fully saturated rings. The normalized spacial score (nSPS) is 12.9. The number of hydrogen-bond donors (Lipinski definition) is 0. The predicted octanol–water partition coefficient (Wildman–Crippen LogP) is 12.8. The van der Waals surface area contributed by atoms with Gasteiger partial charge >= 0.3 is 0 Å². The maximum absolute atomic E-state index is 5.10. The van der Waals surface area contributed by atoms with Crippen LogP contribution in [0.5, 0.6) is 0 Å². The number of hydrogen-bond acceptors (Lipinski definition) is 3.